The Bertz CT molecular complexity index is 935. The van der Waals surface area contributed by atoms with Crippen LogP contribution in [0, 0.1) is 6.92 Å². The largest absolute Gasteiger partial charge is 0.279 e. The fraction of sp³-hybridized carbons (Fsp3) is 0.125. The molecule has 1 aliphatic rings. The number of anilines is 1. The molecule has 0 aromatic heterocycles. The molecule has 0 unspecified atom stereocenters. The number of nitrogens with one attached hydrogen (secondary N) is 1. The minimum atomic E-state index is -3.86. The Morgan fingerprint density at radius 3 is 2.35 bits per heavy atom. The Labute approximate surface area is 133 Å². The van der Waals surface area contributed by atoms with Crippen LogP contribution in [0.15, 0.2) is 47.4 Å². The minimum absolute atomic E-state index is 0.0807. The average molecular weight is 330 g/mol. The third-order valence-electron chi connectivity index (χ3n) is 3.75. The van der Waals surface area contributed by atoms with E-state index in [1.807, 2.05) is 0 Å². The maximum absolute atomic E-state index is 12.6. The molecular formula is C16H14N2O4S. The van der Waals surface area contributed by atoms with E-state index >= 15 is 0 Å². The van der Waals surface area contributed by atoms with E-state index in [0.717, 1.165) is 4.90 Å². The van der Waals surface area contributed by atoms with Crippen LogP contribution >= 0.6 is 0 Å². The maximum Gasteiger partial charge on any atom is 0.263 e. The molecule has 0 aliphatic carbocycles. The number of hydrogen-bond acceptors (Lipinski definition) is 4. The number of carbonyl (C=O) groups is 2. The smallest absolute Gasteiger partial charge is 0.263 e. The monoisotopic (exact) mass is 330 g/mol. The van der Waals surface area contributed by atoms with Crippen LogP contribution in [0.1, 0.15) is 26.3 Å². The number of hydrogen-bond donors (Lipinski definition) is 1. The van der Waals surface area contributed by atoms with Crippen molar-refractivity contribution in [3.8, 4) is 0 Å². The predicted octanol–water partition coefficient (Wildman–Crippen LogP) is 2.02. The van der Waals surface area contributed by atoms with E-state index in [1.165, 1.54) is 25.2 Å². The van der Waals surface area contributed by atoms with Crippen molar-refractivity contribution < 1.29 is 18.0 Å². The third-order valence-corrected chi connectivity index (χ3v) is 5.27. The Kier molecular flexibility index (Phi) is 3.45. The number of amides is 2. The summed E-state index contributed by atoms with van der Waals surface area (Å²) in [5, 5.41) is 0. The summed E-state index contributed by atoms with van der Waals surface area (Å²) in [5.74, 6) is -0.963. The summed E-state index contributed by atoms with van der Waals surface area (Å²) >= 11 is 0. The van der Waals surface area contributed by atoms with E-state index in [9.17, 15) is 18.0 Å². The molecule has 2 amide bonds. The van der Waals surface area contributed by atoms with Gasteiger partial charge in [0, 0.05) is 7.05 Å². The number of fused-ring (bicyclic) bond motifs is 1. The van der Waals surface area contributed by atoms with Crippen molar-refractivity contribution in [3.05, 3.63) is 59.2 Å². The zero-order valence-electron chi connectivity index (χ0n) is 12.5. The van der Waals surface area contributed by atoms with E-state index < -0.39 is 21.8 Å². The second-order valence-corrected chi connectivity index (χ2v) is 6.92. The van der Waals surface area contributed by atoms with Gasteiger partial charge in [0.2, 0.25) is 0 Å². The van der Waals surface area contributed by atoms with Crippen molar-refractivity contribution >= 4 is 27.5 Å². The summed E-state index contributed by atoms with van der Waals surface area (Å²) in [7, 11) is -2.49. The molecule has 118 valence electrons. The maximum atomic E-state index is 12.6. The van der Waals surface area contributed by atoms with Gasteiger partial charge in [0.05, 0.1) is 21.7 Å². The van der Waals surface area contributed by atoms with Crippen LogP contribution in [-0.4, -0.2) is 32.2 Å². The number of aryl methyl sites for hydroxylation is 1. The second kappa shape index (κ2) is 5.20. The molecule has 1 aliphatic heterocycles. The molecule has 6 nitrogen and oxygen atoms in total. The lowest BCUT2D eigenvalue weighted by atomic mass is 10.1. The van der Waals surface area contributed by atoms with E-state index in [0.29, 0.717) is 5.56 Å². The molecule has 0 spiro atoms. The van der Waals surface area contributed by atoms with Crippen LogP contribution in [-0.2, 0) is 10.0 Å². The normalized spacial score (nSPS) is 14.1. The molecule has 1 heterocycles. The highest BCUT2D eigenvalue weighted by atomic mass is 32.2. The van der Waals surface area contributed by atoms with Gasteiger partial charge in [-0.2, -0.15) is 0 Å². The first kappa shape index (κ1) is 15.2. The van der Waals surface area contributed by atoms with Crippen LogP contribution in [0.3, 0.4) is 0 Å². The van der Waals surface area contributed by atoms with Gasteiger partial charge in [0.1, 0.15) is 0 Å². The molecule has 0 saturated heterocycles. The van der Waals surface area contributed by atoms with E-state index in [1.54, 1.807) is 31.2 Å². The molecule has 0 saturated carbocycles. The van der Waals surface area contributed by atoms with Crippen LogP contribution in [0.25, 0.3) is 0 Å². The molecule has 2 aromatic rings. The van der Waals surface area contributed by atoms with Gasteiger partial charge < -0.3 is 0 Å². The Morgan fingerprint density at radius 2 is 1.65 bits per heavy atom. The first-order chi connectivity index (χ1) is 10.8. The fourth-order valence-corrected chi connectivity index (χ4v) is 3.86. The lowest BCUT2D eigenvalue weighted by molar-refractivity contribution is 0.0693. The van der Waals surface area contributed by atoms with Crippen LogP contribution in [0.2, 0.25) is 0 Å². The highest BCUT2D eigenvalue weighted by Gasteiger charge is 2.35. The number of imide groups is 1. The second-order valence-electron chi connectivity index (χ2n) is 5.27. The summed E-state index contributed by atoms with van der Waals surface area (Å²) in [4.78, 5) is 25.3. The van der Waals surface area contributed by atoms with E-state index in [-0.39, 0.29) is 21.7 Å². The van der Waals surface area contributed by atoms with Gasteiger partial charge in [-0.25, -0.2) is 8.42 Å². The molecule has 0 radical (unpaired) electrons. The molecule has 23 heavy (non-hydrogen) atoms. The quantitative estimate of drug-likeness (QED) is 0.873. The van der Waals surface area contributed by atoms with Crippen LogP contribution in [0.5, 0.6) is 0 Å². The summed E-state index contributed by atoms with van der Waals surface area (Å²) in [6.07, 6.45) is 0. The van der Waals surface area contributed by atoms with Crippen molar-refractivity contribution in [2.75, 3.05) is 11.8 Å². The minimum Gasteiger partial charge on any atom is -0.279 e. The molecule has 7 heteroatoms. The molecule has 0 atom stereocenters. The van der Waals surface area contributed by atoms with Crippen LogP contribution in [0.4, 0.5) is 5.69 Å². The third kappa shape index (κ3) is 2.39. The number of carbonyl (C=O) groups excluding carboxylic acids is 2. The first-order valence-electron chi connectivity index (χ1n) is 6.87. The van der Waals surface area contributed by atoms with Gasteiger partial charge in [-0.3, -0.25) is 19.2 Å². The van der Waals surface area contributed by atoms with Crippen molar-refractivity contribution in [1.29, 1.82) is 0 Å². The van der Waals surface area contributed by atoms with Crippen LogP contribution < -0.4 is 4.72 Å². The SMILES string of the molecule is Cc1ccccc1S(=O)(=O)Nc1cccc2c1C(=O)N(C)C2=O. The topological polar surface area (TPSA) is 83.6 Å². The first-order valence-corrected chi connectivity index (χ1v) is 8.35. The lowest BCUT2D eigenvalue weighted by Crippen LogP contribution is -2.24. The summed E-state index contributed by atoms with van der Waals surface area (Å²) in [5.41, 5.74) is 0.972. The van der Waals surface area contributed by atoms with Gasteiger partial charge in [-0.05, 0) is 30.7 Å². The molecule has 2 aromatic carbocycles. The lowest BCUT2D eigenvalue weighted by Gasteiger charge is -2.12. The average Bonchev–Trinajstić information content (AvgIpc) is 2.73. The summed E-state index contributed by atoms with van der Waals surface area (Å²) in [6, 6.07) is 11.1. The van der Waals surface area contributed by atoms with Crippen molar-refractivity contribution in [1.82, 2.24) is 4.90 Å². The summed E-state index contributed by atoms with van der Waals surface area (Å²) in [6.45, 7) is 1.69. The van der Waals surface area contributed by atoms with Gasteiger partial charge in [0.15, 0.2) is 0 Å². The molecule has 3 rings (SSSR count). The van der Waals surface area contributed by atoms with Crippen molar-refractivity contribution in [2.45, 2.75) is 11.8 Å². The van der Waals surface area contributed by atoms with Gasteiger partial charge in [-0.1, -0.05) is 24.3 Å². The molecular weight excluding hydrogens is 316 g/mol. The zero-order valence-corrected chi connectivity index (χ0v) is 13.3. The standard InChI is InChI=1S/C16H14N2O4S/c1-10-6-3-4-9-13(10)23(21,22)17-12-8-5-7-11-14(12)16(20)18(2)15(11)19/h3-9,17H,1-2H3. The zero-order chi connectivity index (χ0) is 16.8. The number of nitrogens with zero attached hydrogens (tertiary/aromatic N) is 1. The van der Waals surface area contributed by atoms with Crippen molar-refractivity contribution in [2.24, 2.45) is 0 Å². The fourth-order valence-electron chi connectivity index (χ4n) is 2.54. The van der Waals surface area contributed by atoms with Gasteiger partial charge >= 0.3 is 0 Å². The molecule has 0 bridgehead atoms. The summed E-state index contributed by atoms with van der Waals surface area (Å²) < 4.78 is 27.6. The molecule has 0 fully saturated rings. The van der Waals surface area contributed by atoms with Gasteiger partial charge in [-0.15, -0.1) is 0 Å². The number of benzene rings is 2. The van der Waals surface area contributed by atoms with Gasteiger partial charge in [0.25, 0.3) is 21.8 Å². The Hall–Kier alpha value is -2.67. The van der Waals surface area contributed by atoms with Crippen molar-refractivity contribution in [3.63, 3.8) is 0 Å². The molecule has 1 N–H and O–H groups in total. The van der Waals surface area contributed by atoms with E-state index in [2.05, 4.69) is 4.72 Å². The predicted molar refractivity (Wildman–Crippen MR) is 84.9 cm³/mol. The Balaban J connectivity index is 2.08. The number of sulfonamides is 1. The van der Waals surface area contributed by atoms with E-state index in [4.69, 9.17) is 0 Å². The Morgan fingerprint density at radius 1 is 0.957 bits per heavy atom. The number of rotatable bonds is 3. The highest BCUT2D eigenvalue weighted by molar-refractivity contribution is 7.92. The highest BCUT2D eigenvalue weighted by Crippen LogP contribution is 2.30.